The molecule has 0 aliphatic carbocycles. The van der Waals surface area contributed by atoms with Crippen LogP contribution in [0.3, 0.4) is 0 Å². The van der Waals surface area contributed by atoms with Crippen LogP contribution < -0.4 is 16.8 Å². The molecule has 1 atom stereocenters. The highest BCUT2D eigenvalue weighted by Crippen LogP contribution is 2.27. The van der Waals surface area contributed by atoms with Gasteiger partial charge in [-0.3, -0.25) is 5.73 Å². The van der Waals surface area contributed by atoms with E-state index in [-0.39, 0.29) is 6.17 Å². The second kappa shape index (κ2) is 5.28. The zero-order valence-electron chi connectivity index (χ0n) is 11.8. The van der Waals surface area contributed by atoms with Crippen LogP contribution in [0.25, 0.3) is 0 Å². The van der Waals surface area contributed by atoms with Gasteiger partial charge in [-0.1, -0.05) is 48.0 Å². The van der Waals surface area contributed by atoms with Gasteiger partial charge in [0.2, 0.25) is 6.17 Å². The van der Waals surface area contributed by atoms with E-state index in [1.54, 1.807) is 0 Å². The molecule has 1 unspecified atom stereocenters. The van der Waals surface area contributed by atoms with Crippen molar-refractivity contribution in [2.75, 3.05) is 0 Å². The van der Waals surface area contributed by atoms with Gasteiger partial charge in [0.1, 0.15) is 5.69 Å². The van der Waals surface area contributed by atoms with Crippen molar-refractivity contribution < 1.29 is 4.58 Å². The largest absolute Gasteiger partial charge is 0.357 e. The quantitative estimate of drug-likeness (QED) is 0.731. The van der Waals surface area contributed by atoms with Crippen LogP contribution in [0.4, 0.5) is 5.69 Å². The minimum atomic E-state index is -0.268. The Morgan fingerprint density at radius 3 is 2.33 bits per heavy atom. The Balaban J connectivity index is 2.10. The fraction of sp³-hybridized carbons (Fsp3) is 0.125. The number of guanidine groups is 2. The average Bonchev–Trinajstić information content (AvgIpc) is 2.49. The lowest BCUT2D eigenvalue weighted by Crippen LogP contribution is -2.50. The number of hydrogen-bond donors (Lipinski definition) is 3. The summed E-state index contributed by atoms with van der Waals surface area (Å²) in [5.41, 5.74) is 15.2. The highest BCUT2D eigenvalue weighted by Gasteiger charge is 2.28. The molecular formula is C16H18N5+. The molecule has 5 N–H and O–H groups in total. The van der Waals surface area contributed by atoms with Gasteiger partial charge in [-0.2, -0.15) is 4.99 Å². The summed E-state index contributed by atoms with van der Waals surface area (Å²) in [4.78, 5) is 4.49. The first-order chi connectivity index (χ1) is 10.1. The van der Waals surface area contributed by atoms with Crippen LogP contribution in [0.5, 0.6) is 0 Å². The Labute approximate surface area is 123 Å². The van der Waals surface area contributed by atoms with Crippen LogP contribution >= 0.6 is 0 Å². The summed E-state index contributed by atoms with van der Waals surface area (Å²) in [5.74, 6) is 0.796. The van der Waals surface area contributed by atoms with E-state index in [0.29, 0.717) is 11.9 Å². The Hall–Kier alpha value is -2.82. The second-order valence-electron chi connectivity index (χ2n) is 5.01. The van der Waals surface area contributed by atoms with Crippen molar-refractivity contribution in [3.63, 3.8) is 0 Å². The fourth-order valence-electron chi connectivity index (χ4n) is 2.38. The smallest absolute Gasteiger partial charge is 0.357 e. The van der Waals surface area contributed by atoms with E-state index >= 15 is 0 Å². The number of nitrogens with zero attached hydrogens (tertiary/aromatic N) is 2. The second-order valence-corrected chi connectivity index (χ2v) is 5.01. The predicted octanol–water partition coefficient (Wildman–Crippen LogP) is 1.57. The zero-order chi connectivity index (χ0) is 14.8. The number of rotatable bonds is 2. The van der Waals surface area contributed by atoms with E-state index in [1.807, 2.05) is 59.2 Å². The summed E-state index contributed by atoms with van der Waals surface area (Å²) in [7, 11) is 0. The summed E-state index contributed by atoms with van der Waals surface area (Å²) >= 11 is 0. The first kappa shape index (κ1) is 13.2. The standard InChI is InChI=1S/C16H17N5/c1-11-7-9-13(10-8-11)21-14(12-5-3-2-4-6-12)19-15(17)20-16(21)18/h2-10,14H,1H3,(H4,17,18,19,20)/p+1. The van der Waals surface area contributed by atoms with Crippen molar-refractivity contribution in [2.24, 2.45) is 16.5 Å². The monoisotopic (exact) mass is 280 g/mol. The molecule has 3 rings (SSSR count). The molecule has 0 radical (unpaired) electrons. The molecule has 0 aromatic heterocycles. The molecule has 2 aromatic carbocycles. The van der Waals surface area contributed by atoms with Crippen molar-refractivity contribution in [3.8, 4) is 0 Å². The normalized spacial score (nSPS) is 18.1. The molecule has 0 fully saturated rings. The molecule has 0 saturated carbocycles. The van der Waals surface area contributed by atoms with Gasteiger partial charge in [0.25, 0.3) is 5.96 Å². The average molecular weight is 280 g/mol. The maximum absolute atomic E-state index is 6.14. The topological polar surface area (TPSA) is 79.4 Å². The van der Waals surface area contributed by atoms with E-state index < -0.39 is 0 Å². The Morgan fingerprint density at radius 2 is 1.67 bits per heavy atom. The maximum atomic E-state index is 6.14. The zero-order valence-corrected chi connectivity index (χ0v) is 11.8. The molecule has 2 aromatic rings. The molecular weight excluding hydrogens is 262 g/mol. The molecule has 0 amide bonds. The number of aliphatic imine (C=N–C) groups is 1. The van der Waals surface area contributed by atoms with Gasteiger partial charge in [-0.25, -0.2) is 9.89 Å². The summed E-state index contributed by atoms with van der Waals surface area (Å²) in [6.45, 7) is 2.05. The molecule has 106 valence electrons. The van der Waals surface area contributed by atoms with Gasteiger partial charge >= 0.3 is 5.96 Å². The number of nitrogens with two attached hydrogens (primary N) is 2. The lowest BCUT2D eigenvalue weighted by Gasteiger charge is -2.22. The summed E-state index contributed by atoms with van der Waals surface area (Å²) in [5, 5.41) is 2.89. The van der Waals surface area contributed by atoms with E-state index in [9.17, 15) is 0 Å². The molecule has 0 saturated heterocycles. The van der Waals surface area contributed by atoms with E-state index in [1.165, 1.54) is 5.56 Å². The minimum absolute atomic E-state index is 0.268. The van der Waals surface area contributed by atoms with Crippen molar-refractivity contribution in [3.05, 3.63) is 65.7 Å². The number of nitrogens with one attached hydrogen (secondary N) is 1. The Bertz CT molecular complexity index is 701. The highest BCUT2D eigenvalue weighted by atomic mass is 15.3. The fourth-order valence-corrected chi connectivity index (χ4v) is 2.38. The van der Waals surface area contributed by atoms with E-state index in [2.05, 4.69) is 17.2 Å². The van der Waals surface area contributed by atoms with E-state index in [4.69, 9.17) is 11.5 Å². The van der Waals surface area contributed by atoms with Gasteiger partial charge in [0.05, 0.1) is 0 Å². The first-order valence-corrected chi connectivity index (χ1v) is 6.79. The highest BCUT2D eigenvalue weighted by molar-refractivity contribution is 5.96. The first-order valence-electron chi connectivity index (χ1n) is 6.79. The van der Waals surface area contributed by atoms with Crippen molar-refractivity contribution in [1.29, 1.82) is 0 Å². The number of aryl methyl sites for hydroxylation is 1. The van der Waals surface area contributed by atoms with Gasteiger partial charge in [-0.15, -0.1) is 0 Å². The predicted molar refractivity (Wildman–Crippen MR) is 84.2 cm³/mol. The Morgan fingerprint density at radius 1 is 1.00 bits per heavy atom. The molecule has 1 aliphatic rings. The summed E-state index contributed by atoms with van der Waals surface area (Å²) < 4.78 is 1.94. The van der Waals surface area contributed by atoms with Gasteiger partial charge < -0.3 is 5.73 Å². The van der Waals surface area contributed by atoms with Crippen LogP contribution in [0.2, 0.25) is 0 Å². The third-order valence-corrected chi connectivity index (χ3v) is 3.43. The van der Waals surface area contributed by atoms with Gasteiger partial charge in [-0.05, 0) is 19.1 Å². The Kier molecular flexibility index (Phi) is 3.31. The van der Waals surface area contributed by atoms with Gasteiger partial charge in [0.15, 0.2) is 0 Å². The van der Waals surface area contributed by atoms with E-state index in [0.717, 1.165) is 11.3 Å². The molecule has 1 heterocycles. The lowest BCUT2D eigenvalue weighted by atomic mass is 10.1. The van der Waals surface area contributed by atoms with Crippen LogP contribution in [0.15, 0.2) is 59.6 Å². The lowest BCUT2D eigenvalue weighted by molar-refractivity contribution is -0.494. The number of hydrogen-bond acceptors (Lipinski definition) is 4. The SMILES string of the molecule is Cc1ccc([N+]2=C(N)NC(N)=NC2c2ccccc2)cc1. The molecule has 0 spiro atoms. The van der Waals surface area contributed by atoms with Crippen LogP contribution in [-0.4, -0.2) is 16.5 Å². The van der Waals surface area contributed by atoms with Crippen molar-refractivity contribution in [1.82, 2.24) is 5.32 Å². The minimum Gasteiger partial charge on any atom is -0.357 e. The molecule has 21 heavy (non-hydrogen) atoms. The number of benzene rings is 2. The van der Waals surface area contributed by atoms with Crippen LogP contribution in [0.1, 0.15) is 17.3 Å². The van der Waals surface area contributed by atoms with Gasteiger partial charge in [0, 0.05) is 5.56 Å². The third kappa shape index (κ3) is 2.58. The molecule has 5 nitrogen and oxygen atoms in total. The third-order valence-electron chi connectivity index (χ3n) is 3.43. The van der Waals surface area contributed by atoms with Crippen molar-refractivity contribution in [2.45, 2.75) is 13.1 Å². The molecule has 1 aliphatic heterocycles. The maximum Gasteiger partial charge on any atom is 0.357 e. The van der Waals surface area contributed by atoms with Crippen molar-refractivity contribution >= 4 is 17.6 Å². The van der Waals surface area contributed by atoms with Crippen LogP contribution in [-0.2, 0) is 0 Å². The molecule has 5 heteroatoms. The van der Waals surface area contributed by atoms with Crippen LogP contribution in [0, 0.1) is 6.92 Å². The summed E-state index contributed by atoms with van der Waals surface area (Å²) in [6, 6.07) is 18.1. The molecule has 0 bridgehead atoms. The summed E-state index contributed by atoms with van der Waals surface area (Å²) in [6.07, 6.45) is -0.268.